The number of rotatable bonds is 4. The number of aromatic nitrogens is 1. The van der Waals surface area contributed by atoms with E-state index in [1.807, 2.05) is 32.0 Å². The molecule has 0 spiro atoms. The van der Waals surface area contributed by atoms with Crippen LogP contribution in [0.5, 0.6) is 0 Å². The Kier molecular flexibility index (Phi) is 3.55. The van der Waals surface area contributed by atoms with Crippen molar-refractivity contribution >= 4 is 28.2 Å². The molecule has 1 unspecified atom stereocenters. The molecule has 0 bridgehead atoms. The average molecular weight is 258 g/mol. The average Bonchev–Trinajstić information content (AvgIpc) is 2.37. The third-order valence-electron chi connectivity index (χ3n) is 3.09. The summed E-state index contributed by atoms with van der Waals surface area (Å²) < 4.78 is 0. The lowest BCUT2D eigenvalue weighted by Gasteiger charge is -2.21. The van der Waals surface area contributed by atoms with Gasteiger partial charge in [0.25, 0.3) is 0 Å². The minimum Gasteiger partial charge on any atom is -0.397 e. The Morgan fingerprint density at radius 2 is 2.05 bits per heavy atom. The Morgan fingerprint density at radius 1 is 1.32 bits per heavy atom. The van der Waals surface area contributed by atoms with E-state index in [4.69, 9.17) is 11.5 Å². The molecule has 0 radical (unpaired) electrons. The summed E-state index contributed by atoms with van der Waals surface area (Å²) in [5.41, 5.74) is 13.5. The van der Waals surface area contributed by atoms with Crippen molar-refractivity contribution in [3.63, 3.8) is 0 Å². The second-order valence-corrected chi connectivity index (χ2v) is 4.87. The van der Waals surface area contributed by atoms with Crippen molar-refractivity contribution in [2.45, 2.75) is 19.9 Å². The lowest BCUT2D eigenvalue weighted by Crippen LogP contribution is -2.39. The fourth-order valence-corrected chi connectivity index (χ4v) is 2.05. The highest BCUT2D eigenvalue weighted by Gasteiger charge is 2.20. The lowest BCUT2D eigenvalue weighted by molar-refractivity contribution is -0.119. The number of nitrogens with two attached hydrogens (primary N) is 2. The Labute approximate surface area is 112 Å². The van der Waals surface area contributed by atoms with E-state index in [1.54, 1.807) is 12.3 Å². The summed E-state index contributed by atoms with van der Waals surface area (Å²) >= 11 is 0. The van der Waals surface area contributed by atoms with E-state index in [1.165, 1.54) is 0 Å². The van der Waals surface area contributed by atoms with Crippen molar-refractivity contribution in [2.24, 2.45) is 11.7 Å². The van der Waals surface area contributed by atoms with Crippen LogP contribution >= 0.6 is 0 Å². The Morgan fingerprint density at radius 3 is 2.68 bits per heavy atom. The quantitative estimate of drug-likeness (QED) is 0.728. The number of amides is 1. The van der Waals surface area contributed by atoms with Crippen molar-refractivity contribution in [2.75, 3.05) is 11.1 Å². The van der Waals surface area contributed by atoms with Gasteiger partial charge in [-0.1, -0.05) is 13.8 Å². The van der Waals surface area contributed by atoms with Crippen LogP contribution in [0.1, 0.15) is 13.8 Å². The first-order valence-electron chi connectivity index (χ1n) is 6.19. The molecule has 5 N–H and O–H groups in total. The number of fused-ring (bicyclic) bond motifs is 1. The van der Waals surface area contributed by atoms with Crippen LogP contribution in [-0.2, 0) is 4.79 Å². The molecule has 0 aliphatic carbocycles. The summed E-state index contributed by atoms with van der Waals surface area (Å²) in [6.45, 7) is 3.89. The number of carbonyl (C=O) groups excluding carboxylic acids is 1. The minimum absolute atomic E-state index is 0.0989. The van der Waals surface area contributed by atoms with Crippen LogP contribution in [0.3, 0.4) is 0 Å². The smallest absolute Gasteiger partial charge is 0.240 e. The second kappa shape index (κ2) is 5.14. The number of nitrogen functional groups attached to an aromatic ring is 1. The van der Waals surface area contributed by atoms with Gasteiger partial charge in [-0.2, -0.15) is 0 Å². The van der Waals surface area contributed by atoms with Crippen LogP contribution in [0, 0.1) is 5.92 Å². The minimum atomic E-state index is -0.424. The molecule has 0 aliphatic heterocycles. The molecular formula is C14H18N4O. The number of primary amides is 1. The van der Waals surface area contributed by atoms with Gasteiger partial charge in [0, 0.05) is 17.3 Å². The molecule has 0 saturated heterocycles. The number of carbonyl (C=O) groups is 1. The number of nitrogens with one attached hydrogen (secondary N) is 1. The van der Waals surface area contributed by atoms with Crippen LogP contribution in [0.15, 0.2) is 30.5 Å². The maximum atomic E-state index is 11.5. The molecule has 0 fully saturated rings. The number of benzene rings is 1. The van der Waals surface area contributed by atoms with Crippen molar-refractivity contribution in [3.05, 3.63) is 30.5 Å². The highest BCUT2D eigenvalue weighted by Crippen LogP contribution is 2.27. The molecule has 5 nitrogen and oxygen atoms in total. The fraction of sp³-hybridized carbons (Fsp3) is 0.286. The molecule has 1 amide bonds. The van der Waals surface area contributed by atoms with E-state index in [2.05, 4.69) is 10.3 Å². The van der Waals surface area contributed by atoms with Gasteiger partial charge in [0.15, 0.2) is 0 Å². The van der Waals surface area contributed by atoms with Crippen LogP contribution in [0.2, 0.25) is 0 Å². The first-order chi connectivity index (χ1) is 9.00. The van der Waals surface area contributed by atoms with Gasteiger partial charge in [-0.15, -0.1) is 0 Å². The molecule has 1 heterocycles. The van der Waals surface area contributed by atoms with Crippen molar-refractivity contribution in [1.29, 1.82) is 0 Å². The Bertz CT molecular complexity index is 609. The van der Waals surface area contributed by atoms with E-state index in [-0.39, 0.29) is 11.8 Å². The van der Waals surface area contributed by atoms with E-state index in [0.29, 0.717) is 5.69 Å². The number of nitrogens with zero attached hydrogens (tertiary/aromatic N) is 1. The monoisotopic (exact) mass is 258 g/mol. The van der Waals surface area contributed by atoms with Gasteiger partial charge in [0.2, 0.25) is 5.91 Å². The van der Waals surface area contributed by atoms with Crippen molar-refractivity contribution < 1.29 is 4.79 Å². The SMILES string of the molecule is CC(C)C(Nc1ccc(N)c2ncccc12)C(N)=O. The summed E-state index contributed by atoms with van der Waals surface area (Å²) in [5, 5.41) is 4.06. The van der Waals surface area contributed by atoms with Crippen LogP contribution < -0.4 is 16.8 Å². The number of hydrogen-bond donors (Lipinski definition) is 3. The first kappa shape index (κ1) is 13.1. The highest BCUT2D eigenvalue weighted by atomic mass is 16.1. The van der Waals surface area contributed by atoms with E-state index >= 15 is 0 Å². The summed E-state index contributed by atoms with van der Waals surface area (Å²) in [4.78, 5) is 15.7. The zero-order chi connectivity index (χ0) is 14.0. The molecular weight excluding hydrogens is 240 g/mol. The first-order valence-corrected chi connectivity index (χ1v) is 6.19. The highest BCUT2D eigenvalue weighted by molar-refractivity contribution is 5.99. The molecule has 1 atom stereocenters. The number of hydrogen-bond acceptors (Lipinski definition) is 4. The van der Waals surface area contributed by atoms with Gasteiger partial charge in [-0.25, -0.2) is 0 Å². The zero-order valence-corrected chi connectivity index (χ0v) is 11.1. The maximum absolute atomic E-state index is 11.5. The standard InChI is InChI=1S/C14H18N4O/c1-8(2)12(14(16)19)18-11-6-5-10(15)13-9(11)4-3-7-17-13/h3-8,12,18H,15H2,1-2H3,(H2,16,19). The van der Waals surface area contributed by atoms with E-state index in [0.717, 1.165) is 16.6 Å². The molecule has 5 heteroatoms. The van der Waals surface area contributed by atoms with Gasteiger partial charge in [-0.3, -0.25) is 9.78 Å². The maximum Gasteiger partial charge on any atom is 0.240 e. The molecule has 0 saturated carbocycles. The van der Waals surface area contributed by atoms with E-state index in [9.17, 15) is 4.79 Å². The summed E-state index contributed by atoms with van der Waals surface area (Å²) in [6.07, 6.45) is 1.69. The number of anilines is 2. The van der Waals surface area contributed by atoms with Gasteiger partial charge in [0.05, 0.1) is 11.2 Å². The molecule has 19 heavy (non-hydrogen) atoms. The van der Waals surface area contributed by atoms with Crippen LogP contribution in [0.4, 0.5) is 11.4 Å². The third kappa shape index (κ3) is 2.59. The molecule has 0 aliphatic rings. The zero-order valence-electron chi connectivity index (χ0n) is 11.1. The fourth-order valence-electron chi connectivity index (χ4n) is 2.05. The Hall–Kier alpha value is -2.30. The summed E-state index contributed by atoms with van der Waals surface area (Å²) in [6, 6.07) is 6.95. The van der Waals surface area contributed by atoms with Gasteiger partial charge >= 0.3 is 0 Å². The summed E-state index contributed by atoms with van der Waals surface area (Å²) in [7, 11) is 0. The molecule has 1 aromatic heterocycles. The molecule has 2 aromatic rings. The van der Waals surface area contributed by atoms with E-state index < -0.39 is 6.04 Å². The third-order valence-corrected chi connectivity index (χ3v) is 3.09. The number of pyridine rings is 1. The molecule has 1 aromatic carbocycles. The Balaban J connectivity index is 2.46. The van der Waals surface area contributed by atoms with Crippen LogP contribution in [-0.4, -0.2) is 16.9 Å². The molecule has 2 rings (SSSR count). The largest absolute Gasteiger partial charge is 0.397 e. The second-order valence-electron chi connectivity index (χ2n) is 4.87. The van der Waals surface area contributed by atoms with Crippen molar-refractivity contribution in [3.8, 4) is 0 Å². The van der Waals surface area contributed by atoms with Gasteiger partial charge in [0.1, 0.15) is 6.04 Å². The lowest BCUT2D eigenvalue weighted by atomic mass is 10.0. The predicted molar refractivity (Wildman–Crippen MR) is 77.6 cm³/mol. The van der Waals surface area contributed by atoms with Gasteiger partial charge < -0.3 is 16.8 Å². The van der Waals surface area contributed by atoms with Crippen LogP contribution in [0.25, 0.3) is 10.9 Å². The van der Waals surface area contributed by atoms with Crippen molar-refractivity contribution in [1.82, 2.24) is 4.98 Å². The topological polar surface area (TPSA) is 94.0 Å². The van der Waals surface area contributed by atoms with Gasteiger partial charge in [-0.05, 0) is 30.2 Å². The predicted octanol–water partition coefficient (Wildman–Crippen LogP) is 1.74. The summed E-state index contributed by atoms with van der Waals surface area (Å²) in [5.74, 6) is -0.273. The normalized spacial score (nSPS) is 12.6. The molecule has 100 valence electrons.